The van der Waals surface area contributed by atoms with Gasteiger partial charge in [-0.15, -0.1) is 0 Å². The Morgan fingerprint density at radius 2 is 2.05 bits per heavy atom. The first kappa shape index (κ1) is 13.6. The van der Waals surface area contributed by atoms with Crippen molar-refractivity contribution in [2.45, 2.75) is 46.1 Å². The third kappa shape index (κ3) is 2.48. The van der Waals surface area contributed by atoms with Gasteiger partial charge in [0.05, 0.1) is 16.6 Å². The van der Waals surface area contributed by atoms with Crippen molar-refractivity contribution in [3.63, 3.8) is 0 Å². The average molecular weight is 260 g/mol. The zero-order valence-corrected chi connectivity index (χ0v) is 11.9. The van der Waals surface area contributed by atoms with Crippen LogP contribution >= 0.6 is 0 Å². The van der Waals surface area contributed by atoms with Gasteiger partial charge in [0.25, 0.3) is 0 Å². The number of hydrogen-bond acceptors (Lipinski definition) is 2. The molecule has 0 atom stereocenters. The molecule has 1 aromatic carbocycles. The molecule has 0 amide bonds. The number of benzene rings is 1. The Bertz CT molecular complexity index is 621. The number of carboxylic acid groups (broad SMARTS) is 1. The van der Waals surface area contributed by atoms with Gasteiger partial charge < -0.3 is 9.67 Å². The summed E-state index contributed by atoms with van der Waals surface area (Å²) < 4.78 is 2.21. The van der Waals surface area contributed by atoms with Crippen LogP contribution in [0.3, 0.4) is 0 Å². The lowest BCUT2D eigenvalue weighted by Gasteiger charge is -2.24. The number of aromatic carboxylic acids is 1. The van der Waals surface area contributed by atoms with E-state index in [1.807, 2.05) is 6.07 Å². The Labute approximate surface area is 113 Å². The van der Waals surface area contributed by atoms with Gasteiger partial charge in [0.15, 0.2) is 0 Å². The van der Waals surface area contributed by atoms with Crippen molar-refractivity contribution in [2.24, 2.45) is 0 Å². The van der Waals surface area contributed by atoms with Crippen LogP contribution < -0.4 is 0 Å². The van der Waals surface area contributed by atoms with Gasteiger partial charge in [-0.2, -0.15) is 0 Å². The molecule has 0 aliphatic heterocycles. The molecule has 1 N–H and O–H groups in total. The maximum Gasteiger partial charge on any atom is 0.335 e. The lowest BCUT2D eigenvalue weighted by atomic mass is 10.1. The van der Waals surface area contributed by atoms with Crippen LogP contribution in [-0.4, -0.2) is 20.6 Å². The quantitative estimate of drug-likeness (QED) is 0.919. The molecule has 2 rings (SSSR count). The lowest BCUT2D eigenvalue weighted by molar-refractivity contribution is 0.0697. The predicted molar refractivity (Wildman–Crippen MR) is 75.7 cm³/mol. The van der Waals surface area contributed by atoms with Crippen LogP contribution in [0.25, 0.3) is 11.0 Å². The molecule has 0 spiro atoms. The maximum absolute atomic E-state index is 11.0. The number of carboxylic acids is 1. The molecular weight excluding hydrogens is 240 g/mol. The molecule has 1 aromatic heterocycles. The minimum absolute atomic E-state index is 0.0655. The van der Waals surface area contributed by atoms with E-state index in [1.165, 1.54) is 0 Å². The summed E-state index contributed by atoms with van der Waals surface area (Å²) in [5, 5.41) is 9.05. The van der Waals surface area contributed by atoms with E-state index < -0.39 is 5.97 Å². The predicted octanol–water partition coefficient (Wildman–Crippen LogP) is 3.44. The third-order valence-electron chi connectivity index (χ3n) is 3.12. The Morgan fingerprint density at radius 3 is 2.58 bits per heavy atom. The minimum Gasteiger partial charge on any atom is -0.478 e. The standard InChI is InChI=1S/C15H20N2O2/c1-5-6-13-16-11-9-10(14(18)19)7-8-12(11)17(13)15(2,3)4/h7-9H,5-6H2,1-4H3,(H,18,19). The number of aromatic nitrogens is 2. The lowest BCUT2D eigenvalue weighted by Crippen LogP contribution is -2.24. The largest absolute Gasteiger partial charge is 0.478 e. The highest BCUT2D eigenvalue weighted by atomic mass is 16.4. The molecule has 0 bridgehead atoms. The molecule has 0 aliphatic carbocycles. The van der Waals surface area contributed by atoms with Gasteiger partial charge in [-0.3, -0.25) is 0 Å². The van der Waals surface area contributed by atoms with Crippen molar-refractivity contribution in [1.29, 1.82) is 0 Å². The van der Waals surface area contributed by atoms with Crippen LogP contribution in [0.2, 0.25) is 0 Å². The second-order valence-corrected chi connectivity index (χ2v) is 5.79. The Hall–Kier alpha value is -1.84. The van der Waals surface area contributed by atoms with Crippen molar-refractivity contribution in [2.75, 3.05) is 0 Å². The van der Waals surface area contributed by atoms with Crippen LogP contribution in [-0.2, 0) is 12.0 Å². The van der Waals surface area contributed by atoms with Crippen molar-refractivity contribution in [1.82, 2.24) is 9.55 Å². The van der Waals surface area contributed by atoms with E-state index >= 15 is 0 Å². The summed E-state index contributed by atoms with van der Waals surface area (Å²) in [5.74, 6) is 0.108. The van der Waals surface area contributed by atoms with Crippen molar-refractivity contribution in [3.8, 4) is 0 Å². The van der Waals surface area contributed by atoms with E-state index in [1.54, 1.807) is 12.1 Å². The summed E-state index contributed by atoms with van der Waals surface area (Å²) in [5.41, 5.74) is 1.98. The van der Waals surface area contributed by atoms with Crippen LogP contribution in [0.5, 0.6) is 0 Å². The van der Waals surface area contributed by atoms with Gasteiger partial charge in [-0.25, -0.2) is 9.78 Å². The van der Waals surface area contributed by atoms with E-state index in [4.69, 9.17) is 5.11 Å². The Balaban J connectivity index is 2.70. The van der Waals surface area contributed by atoms with E-state index in [9.17, 15) is 4.79 Å². The second kappa shape index (κ2) is 4.68. The van der Waals surface area contributed by atoms with Crippen LogP contribution in [0.1, 0.15) is 50.3 Å². The fourth-order valence-electron chi connectivity index (χ4n) is 2.40. The fourth-order valence-corrected chi connectivity index (χ4v) is 2.40. The summed E-state index contributed by atoms with van der Waals surface area (Å²) in [6, 6.07) is 5.15. The molecule has 4 heteroatoms. The first-order valence-electron chi connectivity index (χ1n) is 6.59. The van der Waals surface area contributed by atoms with Gasteiger partial charge in [-0.05, 0) is 45.4 Å². The smallest absolute Gasteiger partial charge is 0.335 e. The van der Waals surface area contributed by atoms with E-state index in [-0.39, 0.29) is 11.1 Å². The second-order valence-electron chi connectivity index (χ2n) is 5.79. The highest BCUT2D eigenvalue weighted by molar-refractivity contribution is 5.92. The molecule has 0 radical (unpaired) electrons. The van der Waals surface area contributed by atoms with Gasteiger partial charge in [0.1, 0.15) is 5.82 Å². The highest BCUT2D eigenvalue weighted by Gasteiger charge is 2.21. The number of nitrogens with zero attached hydrogens (tertiary/aromatic N) is 2. The van der Waals surface area contributed by atoms with Gasteiger partial charge in [0, 0.05) is 12.0 Å². The van der Waals surface area contributed by atoms with E-state index in [0.717, 1.165) is 29.7 Å². The molecule has 2 aromatic rings. The van der Waals surface area contributed by atoms with E-state index in [0.29, 0.717) is 0 Å². The zero-order valence-electron chi connectivity index (χ0n) is 11.9. The molecule has 19 heavy (non-hydrogen) atoms. The summed E-state index contributed by atoms with van der Waals surface area (Å²) in [4.78, 5) is 15.6. The van der Waals surface area contributed by atoms with E-state index in [2.05, 4.69) is 37.2 Å². The topological polar surface area (TPSA) is 55.1 Å². The molecule has 1 heterocycles. The number of imidazole rings is 1. The molecule has 0 saturated heterocycles. The summed E-state index contributed by atoms with van der Waals surface area (Å²) in [7, 11) is 0. The van der Waals surface area contributed by atoms with Crippen LogP contribution in [0, 0.1) is 0 Å². The minimum atomic E-state index is -0.913. The molecular formula is C15H20N2O2. The monoisotopic (exact) mass is 260 g/mol. The van der Waals surface area contributed by atoms with Crippen molar-refractivity contribution >= 4 is 17.0 Å². The van der Waals surface area contributed by atoms with Crippen molar-refractivity contribution in [3.05, 3.63) is 29.6 Å². The van der Waals surface area contributed by atoms with Gasteiger partial charge in [-0.1, -0.05) is 6.92 Å². The zero-order chi connectivity index (χ0) is 14.2. The first-order chi connectivity index (χ1) is 8.84. The maximum atomic E-state index is 11.0. The molecule has 0 fully saturated rings. The SMILES string of the molecule is CCCc1nc2cc(C(=O)O)ccc2n1C(C)(C)C. The number of aryl methyl sites for hydroxylation is 1. The Morgan fingerprint density at radius 1 is 1.37 bits per heavy atom. The summed E-state index contributed by atoms with van der Waals surface area (Å²) in [6.45, 7) is 8.53. The normalized spacial score (nSPS) is 12.0. The highest BCUT2D eigenvalue weighted by Crippen LogP contribution is 2.26. The summed E-state index contributed by atoms with van der Waals surface area (Å²) in [6.07, 6.45) is 1.92. The first-order valence-corrected chi connectivity index (χ1v) is 6.59. The number of rotatable bonds is 3. The molecule has 0 aliphatic rings. The van der Waals surface area contributed by atoms with Gasteiger partial charge in [0.2, 0.25) is 0 Å². The number of hydrogen-bond donors (Lipinski definition) is 1. The number of fused-ring (bicyclic) bond motifs is 1. The third-order valence-corrected chi connectivity index (χ3v) is 3.12. The van der Waals surface area contributed by atoms with Crippen LogP contribution in [0.15, 0.2) is 18.2 Å². The van der Waals surface area contributed by atoms with Gasteiger partial charge >= 0.3 is 5.97 Å². The molecule has 0 saturated carbocycles. The van der Waals surface area contributed by atoms with Crippen LogP contribution in [0.4, 0.5) is 0 Å². The summed E-state index contributed by atoms with van der Waals surface area (Å²) >= 11 is 0. The number of carbonyl (C=O) groups is 1. The fraction of sp³-hybridized carbons (Fsp3) is 0.467. The Kier molecular flexibility index (Phi) is 3.35. The van der Waals surface area contributed by atoms with Crippen molar-refractivity contribution < 1.29 is 9.90 Å². The molecule has 0 unspecified atom stereocenters. The average Bonchev–Trinajstić information content (AvgIpc) is 2.65. The molecule has 102 valence electrons. The molecule has 4 nitrogen and oxygen atoms in total.